The fraction of sp³-hybridized carbons (Fsp3) is 0.235. The molecular formula is C17H18FNO. The van der Waals surface area contributed by atoms with Gasteiger partial charge in [0.25, 0.3) is 0 Å². The quantitative estimate of drug-likeness (QED) is 0.597. The molecule has 0 N–H and O–H groups in total. The first-order valence-electron chi connectivity index (χ1n) is 6.55. The minimum absolute atomic E-state index is 0.226. The summed E-state index contributed by atoms with van der Waals surface area (Å²) in [6.45, 7) is 5.99. The molecule has 20 heavy (non-hydrogen) atoms. The Morgan fingerprint density at radius 3 is 2.45 bits per heavy atom. The van der Waals surface area contributed by atoms with E-state index in [9.17, 15) is 4.39 Å². The largest absolute Gasteiger partial charge is 0.391 e. The van der Waals surface area contributed by atoms with Crippen molar-refractivity contribution in [1.29, 1.82) is 0 Å². The van der Waals surface area contributed by atoms with Gasteiger partial charge in [0.2, 0.25) is 0 Å². The monoisotopic (exact) mass is 271 g/mol. The number of oxime groups is 1. The van der Waals surface area contributed by atoms with Gasteiger partial charge in [-0.25, -0.2) is 4.39 Å². The summed E-state index contributed by atoms with van der Waals surface area (Å²) >= 11 is 0. The van der Waals surface area contributed by atoms with Gasteiger partial charge < -0.3 is 4.84 Å². The molecule has 2 aromatic carbocycles. The first kappa shape index (κ1) is 14.3. The van der Waals surface area contributed by atoms with Gasteiger partial charge in [0, 0.05) is 5.56 Å². The molecule has 0 aromatic heterocycles. The molecule has 0 fully saturated rings. The van der Waals surface area contributed by atoms with Crippen LogP contribution in [0.1, 0.15) is 29.2 Å². The molecule has 3 heteroatoms. The van der Waals surface area contributed by atoms with Crippen LogP contribution in [0, 0.1) is 19.7 Å². The molecule has 0 aliphatic heterocycles. The van der Waals surface area contributed by atoms with Crippen LogP contribution in [-0.4, -0.2) is 5.71 Å². The molecule has 0 saturated carbocycles. The SMILES string of the molecule is C/C(=N\OCc1ccc(C)cc1)c1ccc(C)c(F)c1. The van der Waals surface area contributed by atoms with Gasteiger partial charge >= 0.3 is 0 Å². The van der Waals surface area contributed by atoms with Crippen molar-refractivity contribution >= 4 is 5.71 Å². The molecule has 2 rings (SSSR count). The predicted molar refractivity (Wildman–Crippen MR) is 79.3 cm³/mol. The van der Waals surface area contributed by atoms with Crippen LogP contribution in [0.25, 0.3) is 0 Å². The van der Waals surface area contributed by atoms with Crippen LogP contribution < -0.4 is 0 Å². The van der Waals surface area contributed by atoms with Crippen LogP contribution in [0.2, 0.25) is 0 Å². The maximum absolute atomic E-state index is 13.5. The average Bonchev–Trinajstić information content (AvgIpc) is 2.44. The van der Waals surface area contributed by atoms with Crippen molar-refractivity contribution in [2.24, 2.45) is 5.16 Å². The Hall–Kier alpha value is -2.16. The number of benzene rings is 2. The molecule has 0 heterocycles. The molecule has 2 nitrogen and oxygen atoms in total. The van der Waals surface area contributed by atoms with Crippen LogP contribution in [-0.2, 0) is 11.4 Å². The molecule has 0 saturated heterocycles. The van der Waals surface area contributed by atoms with E-state index in [4.69, 9.17) is 4.84 Å². The second-order valence-electron chi connectivity index (χ2n) is 4.90. The smallest absolute Gasteiger partial charge is 0.142 e. The second kappa shape index (κ2) is 6.33. The molecule has 0 aliphatic rings. The van der Waals surface area contributed by atoms with Crippen LogP contribution in [0.3, 0.4) is 0 Å². The van der Waals surface area contributed by atoms with E-state index in [0.29, 0.717) is 17.9 Å². The van der Waals surface area contributed by atoms with Crippen molar-refractivity contribution in [2.45, 2.75) is 27.4 Å². The highest BCUT2D eigenvalue weighted by Gasteiger charge is 2.02. The average molecular weight is 271 g/mol. The fourth-order valence-corrected chi connectivity index (χ4v) is 1.76. The molecule has 0 amide bonds. The van der Waals surface area contributed by atoms with Crippen molar-refractivity contribution in [1.82, 2.24) is 0 Å². The van der Waals surface area contributed by atoms with Gasteiger partial charge in [-0.2, -0.15) is 0 Å². The molecule has 0 spiro atoms. The van der Waals surface area contributed by atoms with E-state index in [1.165, 1.54) is 11.6 Å². The zero-order valence-electron chi connectivity index (χ0n) is 12.0. The summed E-state index contributed by atoms with van der Waals surface area (Å²) < 4.78 is 13.5. The number of aryl methyl sites for hydroxylation is 2. The minimum Gasteiger partial charge on any atom is -0.391 e. The molecule has 0 unspecified atom stereocenters. The van der Waals surface area contributed by atoms with Gasteiger partial charge in [0.1, 0.15) is 12.4 Å². The number of hydrogen-bond acceptors (Lipinski definition) is 2. The Morgan fingerprint density at radius 2 is 1.80 bits per heavy atom. The Balaban J connectivity index is 2.00. The van der Waals surface area contributed by atoms with Gasteiger partial charge in [-0.3, -0.25) is 0 Å². The third-order valence-electron chi connectivity index (χ3n) is 3.14. The fourth-order valence-electron chi connectivity index (χ4n) is 1.76. The van der Waals surface area contributed by atoms with Crippen LogP contribution in [0.4, 0.5) is 4.39 Å². The normalized spacial score (nSPS) is 11.5. The van der Waals surface area contributed by atoms with Gasteiger partial charge in [-0.05, 0) is 38.0 Å². The standard InChI is InChI=1S/C17H18FNO/c1-12-4-7-15(8-5-12)11-20-19-14(3)16-9-6-13(2)17(18)10-16/h4-10H,11H2,1-3H3/b19-14+. The third kappa shape index (κ3) is 3.67. The second-order valence-corrected chi connectivity index (χ2v) is 4.90. The molecular weight excluding hydrogens is 253 g/mol. The highest BCUT2D eigenvalue weighted by Crippen LogP contribution is 2.11. The lowest BCUT2D eigenvalue weighted by Gasteiger charge is -2.04. The molecule has 0 atom stereocenters. The van der Waals surface area contributed by atoms with Crippen LogP contribution >= 0.6 is 0 Å². The van der Waals surface area contributed by atoms with Crippen molar-refractivity contribution in [2.75, 3.05) is 0 Å². The van der Waals surface area contributed by atoms with Crippen molar-refractivity contribution < 1.29 is 9.23 Å². The summed E-state index contributed by atoms with van der Waals surface area (Å²) in [5, 5.41) is 4.03. The summed E-state index contributed by atoms with van der Waals surface area (Å²) in [4.78, 5) is 5.31. The van der Waals surface area contributed by atoms with Crippen LogP contribution in [0.5, 0.6) is 0 Å². The number of hydrogen-bond donors (Lipinski definition) is 0. The Bertz CT molecular complexity index is 617. The molecule has 0 aliphatic carbocycles. The zero-order valence-corrected chi connectivity index (χ0v) is 12.0. The number of rotatable bonds is 4. The molecule has 104 valence electrons. The third-order valence-corrected chi connectivity index (χ3v) is 3.14. The molecule has 0 bridgehead atoms. The van der Waals surface area contributed by atoms with Gasteiger partial charge in [0.15, 0.2) is 0 Å². The summed E-state index contributed by atoms with van der Waals surface area (Å²) in [5.41, 5.74) is 4.29. The number of halogens is 1. The number of nitrogens with zero attached hydrogens (tertiary/aromatic N) is 1. The Labute approximate surface area is 118 Å². The molecule has 2 aromatic rings. The maximum Gasteiger partial charge on any atom is 0.142 e. The van der Waals surface area contributed by atoms with Crippen molar-refractivity contribution in [3.05, 3.63) is 70.5 Å². The lowest BCUT2D eigenvalue weighted by atomic mass is 10.1. The van der Waals surface area contributed by atoms with Crippen molar-refractivity contribution in [3.8, 4) is 0 Å². The summed E-state index contributed by atoms with van der Waals surface area (Å²) in [6.07, 6.45) is 0. The highest BCUT2D eigenvalue weighted by atomic mass is 19.1. The minimum atomic E-state index is -0.226. The summed E-state index contributed by atoms with van der Waals surface area (Å²) in [7, 11) is 0. The summed E-state index contributed by atoms with van der Waals surface area (Å²) in [6, 6.07) is 13.1. The van der Waals surface area contributed by atoms with Gasteiger partial charge in [0.05, 0.1) is 5.71 Å². The lowest BCUT2D eigenvalue weighted by molar-refractivity contribution is 0.130. The van der Waals surface area contributed by atoms with E-state index in [1.54, 1.807) is 19.9 Å². The topological polar surface area (TPSA) is 21.6 Å². The van der Waals surface area contributed by atoms with E-state index in [-0.39, 0.29) is 5.82 Å². The van der Waals surface area contributed by atoms with Gasteiger partial charge in [-0.15, -0.1) is 0 Å². The molecule has 0 radical (unpaired) electrons. The van der Waals surface area contributed by atoms with E-state index in [1.807, 2.05) is 37.3 Å². The lowest BCUT2D eigenvalue weighted by Crippen LogP contribution is -1.98. The van der Waals surface area contributed by atoms with E-state index in [2.05, 4.69) is 5.16 Å². The Morgan fingerprint density at radius 1 is 1.10 bits per heavy atom. The zero-order chi connectivity index (χ0) is 14.5. The highest BCUT2D eigenvalue weighted by molar-refractivity contribution is 5.98. The summed E-state index contributed by atoms with van der Waals surface area (Å²) in [5.74, 6) is -0.226. The van der Waals surface area contributed by atoms with E-state index < -0.39 is 0 Å². The first-order chi connectivity index (χ1) is 9.56. The van der Waals surface area contributed by atoms with E-state index >= 15 is 0 Å². The predicted octanol–water partition coefficient (Wildman–Crippen LogP) is 4.38. The Kier molecular flexibility index (Phi) is 4.51. The van der Waals surface area contributed by atoms with Crippen molar-refractivity contribution in [3.63, 3.8) is 0 Å². The van der Waals surface area contributed by atoms with E-state index in [0.717, 1.165) is 11.1 Å². The maximum atomic E-state index is 13.5. The van der Waals surface area contributed by atoms with Crippen LogP contribution in [0.15, 0.2) is 47.6 Å². The van der Waals surface area contributed by atoms with Gasteiger partial charge in [-0.1, -0.05) is 47.1 Å². The first-order valence-corrected chi connectivity index (χ1v) is 6.55.